The van der Waals surface area contributed by atoms with Crippen molar-refractivity contribution < 1.29 is 28.8 Å². The number of hydrogen-bond donors (Lipinski definition) is 2. The Labute approximate surface area is 159 Å². The lowest BCUT2D eigenvalue weighted by atomic mass is 10.2. The number of nitrogens with one attached hydrogen (secondary N) is 2. The van der Waals surface area contributed by atoms with Crippen LogP contribution >= 0.6 is 0 Å². The van der Waals surface area contributed by atoms with Gasteiger partial charge in [-0.15, -0.1) is 0 Å². The molecule has 0 aliphatic heterocycles. The predicted octanol–water partition coefficient (Wildman–Crippen LogP) is 2.36. The lowest BCUT2D eigenvalue weighted by Gasteiger charge is -2.10. The molecule has 0 aromatic heterocycles. The van der Waals surface area contributed by atoms with Gasteiger partial charge in [0, 0.05) is 11.8 Å². The highest BCUT2D eigenvalue weighted by Crippen LogP contribution is 2.28. The van der Waals surface area contributed by atoms with Crippen molar-refractivity contribution in [1.82, 2.24) is 0 Å². The smallest absolute Gasteiger partial charge is 0.338 e. The minimum Gasteiger partial charge on any atom is -0.494 e. The Hall–Kier alpha value is -3.95. The van der Waals surface area contributed by atoms with Crippen molar-refractivity contribution >= 4 is 34.8 Å². The van der Waals surface area contributed by atoms with E-state index in [2.05, 4.69) is 10.6 Å². The van der Waals surface area contributed by atoms with Crippen molar-refractivity contribution in [2.45, 2.75) is 6.92 Å². The Morgan fingerprint density at radius 1 is 1.04 bits per heavy atom. The van der Waals surface area contributed by atoms with E-state index in [0.29, 0.717) is 11.3 Å². The first-order chi connectivity index (χ1) is 13.3. The summed E-state index contributed by atoms with van der Waals surface area (Å²) < 4.78 is 9.85. The van der Waals surface area contributed by atoms with Crippen LogP contribution in [0.15, 0.2) is 42.5 Å². The molecule has 10 heteroatoms. The number of nitro groups is 1. The number of ether oxygens (including phenoxy) is 2. The summed E-state index contributed by atoms with van der Waals surface area (Å²) in [6.45, 7) is 1.93. The molecular weight excluding hydrogens is 370 g/mol. The van der Waals surface area contributed by atoms with Crippen molar-refractivity contribution in [1.29, 1.82) is 0 Å². The molecule has 28 heavy (non-hydrogen) atoms. The summed E-state index contributed by atoms with van der Waals surface area (Å²) in [5.41, 5.74) is 0.482. The van der Waals surface area contributed by atoms with E-state index in [4.69, 9.17) is 9.47 Å². The number of nitrogens with zero attached hydrogens (tertiary/aromatic N) is 1. The summed E-state index contributed by atoms with van der Waals surface area (Å²) in [7, 11) is 1.28. The van der Waals surface area contributed by atoms with E-state index in [-0.39, 0.29) is 23.7 Å². The van der Waals surface area contributed by atoms with Crippen molar-refractivity contribution in [2.75, 3.05) is 24.4 Å². The molecule has 2 amide bonds. The molecule has 0 fully saturated rings. The normalized spacial score (nSPS) is 9.93. The first-order valence-corrected chi connectivity index (χ1v) is 8.07. The number of hydrogen-bond acceptors (Lipinski definition) is 7. The molecule has 0 unspecified atom stereocenters. The Morgan fingerprint density at radius 3 is 2.25 bits per heavy atom. The Morgan fingerprint density at radius 2 is 1.68 bits per heavy atom. The first-order valence-electron chi connectivity index (χ1n) is 8.07. The van der Waals surface area contributed by atoms with E-state index in [1.54, 1.807) is 6.92 Å². The maximum absolute atomic E-state index is 12.1. The number of methoxy groups -OCH3 is 1. The molecule has 2 aromatic carbocycles. The van der Waals surface area contributed by atoms with Crippen molar-refractivity contribution in [3.8, 4) is 5.75 Å². The van der Waals surface area contributed by atoms with Crippen molar-refractivity contribution in [2.24, 2.45) is 0 Å². The summed E-state index contributed by atoms with van der Waals surface area (Å²) >= 11 is 0. The van der Waals surface area contributed by atoms with Crippen molar-refractivity contribution in [3.05, 3.63) is 58.1 Å². The van der Waals surface area contributed by atoms with Crippen molar-refractivity contribution in [3.63, 3.8) is 0 Å². The second kappa shape index (κ2) is 9.12. The van der Waals surface area contributed by atoms with Crippen LogP contribution in [0.25, 0.3) is 0 Å². The summed E-state index contributed by atoms with van der Waals surface area (Å²) in [6, 6.07) is 9.35. The van der Waals surface area contributed by atoms with Crippen LogP contribution in [-0.4, -0.2) is 36.4 Å². The fourth-order valence-electron chi connectivity index (χ4n) is 2.17. The van der Waals surface area contributed by atoms with Gasteiger partial charge in [0.2, 0.25) is 0 Å². The fraction of sp³-hybridized carbons (Fsp3) is 0.167. The molecule has 146 valence electrons. The van der Waals surface area contributed by atoms with Gasteiger partial charge in [0.05, 0.1) is 36.0 Å². The molecule has 0 saturated heterocycles. The molecule has 0 aliphatic rings. The van der Waals surface area contributed by atoms with E-state index >= 15 is 0 Å². The first kappa shape index (κ1) is 20.4. The summed E-state index contributed by atoms with van der Waals surface area (Å²) in [5.74, 6) is -2.43. The number of esters is 1. The molecule has 0 bridgehead atoms. The maximum atomic E-state index is 12.1. The number of anilines is 2. The van der Waals surface area contributed by atoms with Gasteiger partial charge in [0.25, 0.3) is 5.69 Å². The van der Waals surface area contributed by atoms with Crippen LogP contribution in [0.1, 0.15) is 17.3 Å². The average Bonchev–Trinajstić information content (AvgIpc) is 2.68. The topological polar surface area (TPSA) is 137 Å². The lowest BCUT2D eigenvalue weighted by Crippen LogP contribution is -2.29. The van der Waals surface area contributed by atoms with E-state index in [1.165, 1.54) is 43.5 Å². The third-order valence-corrected chi connectivity index (χ3v) is 3.50. The van der Waals surface area contributed by atoms with Gasteiger partial charge >= 0.3 is 17.8 Å². The standard InChI is InChI=1S/C18H17N3O7/c1-3-28-18(24)11-4-6-12(7-5-11)19-16(22)17(23)20-14-9-8-13(21(25)26)10-15(14)27-2/h4-10H,3H2,1-2H3,(H,19,22)(H,20,23). The Balaban J connectivity index is 2.04. The highest BCUT2D eigenvalue weighted by atomic mass is 16.6. The molecule has 10 nitrogen and oxygen atoms in total. The van der Waals surface area contributed by atoms with Crippen LogP contribution in [0.2, 0.25) is 0 Å². The second-order valence-electron chi connectivity index (χ2n) is 5.35. The monoisotopic (exact) mass is 387 g/mol. The predicted molar refractivity (Wildman–Crippen MR) is 99.3 cm³/mol. The number of carbonyl (C=O) groups is 3. The van der Waals surface area contributed by atoms with Crippen LogP contribution < -0.4 is 15.4 Å². The number of non-ortho nitro benzene ring substituents is 1. The molecule has 0 radical (unpaired) electrons. The molecule has 2 N–H and O–H groups in total. The number of rotatable bonds is 6. The Bertz CT molecular complexity index is 910. The van der Waals surface area contributed by atoms with E-state index < -0.39 is 22.7 Å². The zero-order chi connectivity index (χ0) is 20.7. The van der Waals surface area contributed by atoms with Gasteiger partial charge < -0.3 is 20.1 Å². The highest BCUT2D eigenvalue weighted by molar-refractivity contribution is 6.43. The minimum absolute atomic E-state index is 0.0362. The SMILES string of the molecule is CCOC(=O)c1ccc(NC(=O)C(=O)Nc2ccc([N+](=O)[O-])cc2OC)cc1. The van der Waals surface area contributed by atoms with Gasteiger partial charge in [-0.1, -0.05) is 0 Å². The summed E-state index contributed by atoms with van der Waals surface area (Å²) in [5, 5.41) is 15.5. The van der Waals surface area contributed by atoms with Crippen LogP contribution in [0.4, 0.5) is 17.1 Å². The van der Waals surface area contributed by atoms with Crippen LogP contribution in [-0.2, 0) is 14.3 Å². The molecule has 2 aromatic rings. The van der Waals surface area contributed by atoms with E-state index in [0.717, 1.165) is 6.07 Å². The van der Waals surface area contributed by atoms with Gasteiger partial charge in [-0.2, -0.15) is 0 Å². The van der Waals surface area contributed by atoms with Gasteiger partial charge in [0.15, 0.2) is 0 Å². The average molecular weight is 387 g/mol. The zero-order valence-electron chi connectivity index (χ0n) is 15.1. The third kappa shape index (κ3) is 5.04. The van der Waals surface area contributed by atoms with E-state index in [1.807, 2.05) is 0 Å². The molecular formula is C18H17N3O7. The van der Waals surface area contributed by atoms with Gasteiger partial charge in [-0.3, -0.25) is 19.7 Å². The lowest BCUT2D eigenvalue weighted by molar-refractivity contribution is -0.384. The highest BCUT2D eigenvalue weighted by Gasteiger charge is 2.18. The van der Waals surface area contributed by atoms with E-state index in [9.17, 15) is 24.5 Å². The minimum atomic E-state index is -0.998. The molecule has 0 spiro atoms. The number of carbonyl (C=O) groups excluding carboxylic acids is 3. The van der Waals surface area contributed by atoms with Gasteiger partial charge in [0.1, 0.15) is 5.75 Å². The number of nitro benzene ring substituents is 1. The third-order valence-electron chi connectivity index (χ3n) is 3.50. The van der Waals surface area contributed by atoms with Crippen LogP contribution in [0.5, 0.6) is 5.75 Å². The molecule has 0 aliphatic carbocycles. The molecule has 0 heterocycles. The molecule has 0 saturated carbocycles. The number of benzene rings is 2. The molecule has 2 rings (SSSR count). The zero-order valence-corrected chi connectivity index (χ0v) is 15.1. The largest absolute Gasteiger partial charge is 0.494 e. The van der Waals surface area contributed by atoms with Gasteiger partial charge in [-0.05, 0) is 37.3 Å². The van der Waals surface area contributed by atoms with Crippen LogP contribution in [0.3, 0.4) is 0 Å². The van der Waals surface area contributed by atoms with Crippen LogP contribution in [0, 0.1) is 10.1 Å². The summed E-state index contributed by atoms with van der Waals surface area (Å²) in [6.07, 6.45) is 0. The quantitative estimate of drug-likeness (QED) is 0.336. The van der Waals surface area contributed by atoms with Gasteiger partial charge in [-0.25, -0.2) is 4.79 Å². The summed E-state index contributed by atoms with van der Waals surface area (Å²) in [4.78, 5) is 45.9. The molecule has 0 atom stereocenters. The maximum Gasteiger partial charge on any atom is 0.338 e. The number of amides is 2. The fourth-order valence-corrected chi connectivity index (χ4v) is 2.17. The Kier molecular flexibility index (Phi) is 6.63. The second-order valence-corrected chi connectivity index (χ2v) is 5.35.